The van der Waals surface area contributed by atoms with Gasteiger partial charge in [-0.15, -0.1) is 0 Å². The number of carbonyl (C=O) groups excluding carboxylic acids is 1. The first-order valence-corrected chi connectivity index (χ1v) is 8.81. The minimum Gasteiger partial charge on any atom is -0.465 e. The lowest BCUT2D eigenvalue weighted by atomic mass is 9.88. The van der Waals surface area contributed by atoms with Crippen molar-refractivity contribution in [3.8, 4) is 0 Å². The number of hydrogen-bond acceptors (Lipinski definition) is 5. The quantitative estimate of drug-likeness (QED) is 0.805. The number of rotatable bonds is 1. The Morgan fingerprint density at radius 2 is 2.00 bits per heavy atom. The van der Waals surface area contributed by atoms with Crippen LogP contribution in [-0.4, -0.2) is 33.8 Å². The van der Waals surface area contributed by atoms with Gasteiger partial charge in [-0.05, 0) is 25.0 Å². The van der Waals surface area contributed by atoms with E-state index in [9.17, 15) is 13.2 Å². The van der Waals surface area contributed by atoms with Crippen molar-refractivity contribution < 1.29 is 17.9 Å². The molecule has 0 atom stereocenters. The van der Waals surface area contributed by atoms with Gasteiger partial charge in [-0.1, -0.05) is 18.9 Å². The number of hydrogen-bond donors (Lipinski definition) is 1. The van der Waals surface area contributed by atoms with E-state index in [-0.39, 0.29) is 21.6 Å². The molecule has 0 radical (unpaired) electrons. The molecular formula is C15H19NO4S. The molecule has 1 aromatic carbocycles. The normalized spacial score (nSPS) is 22.1. The van der Waals surface area contributed by atoms with E-state index in [1.54, 1.807) is 12.1 Å². The summed E-state index contributed by atoms with van der Waals surface area (Å²) in [6, 6.07) is 4.91. The Morgan fingerprint density at radius 3 is 2.67 bits per heavy atom. The zero-order valence-electron chi connectivity index (χ0n) is 12.0. The van der Waals surface area contributed by atoms with E-state index in [0.29, 0.717) is 12.2 Å². The summed E-state index contributed by atoms with van der Waals surface area (Å²) in [5.41, 5.74) is 0.435. The zero-order valence-corrected chi connectivity index (χ0v) is 12.8. The van der Waals surface area contributed by atoms with Crippen molar-refractivity contribution in [3.05, 3.63) is 23.8 Å². The van der Waals surface area contributed by atoms with E-state index in [2.05, 4.69) is 5.32 Å². The lowest BCUT2D eigenvalue weighted by Gasteiger charge is -2.26. The molecule has 1 fully saturated rings. The highest BCUT2D eigenvalue weighted by Gasteiger charge is 2.42. The topological polar surface area (TPSA) is 72.5 Å². The molecule has 0 saturated heterocycles. The first-order valence-electron chi connectivity index (χ1n) is 7.15. The highest BCUT2D eigenvalue weighted by Crippen LogP contribution is 2.44. The third-order valence-electron chi connectivity index (χ3n) is 4.55. The lowest BCUT2D eigenvalue weighted by Crippen LogP contribution is -2.31. The van der Waals surface area contributed by atoms with Gasteiger partial charge in [-0.3, -0.25) is 0 Å². The molecular weight excluding hydrogens is 290 g/mol. The number of anilines is 1. The van der Waals surface area contributed by atoms with Gasteiger partial charge in [0.2, 0.25) is 0 Å². The first-order chi connectivity index (χ1) is 9.97. The van der Waals surface area contributed by atoms with Gasteiger partial charge in [-0.25, -0.2) is 13.2 Å². The van der Waals surface area contributed by atoms with Crippen LogP contribution in [0.3, 0.4) is 0 Å². The Balaban J connectivity index is 2.13. The van der Waals surface area contributed by atoms with Crippen molar-refractivity contribution in [1.29, 1.82) is 0 Å². The largest absolute Gasteiger partial charge is 0.465 e. The highest BCUT2D eigenvalue weighted by molar-refractivity contribution is 7.91. The van der Waals surface area contributed by atoms with Gasteiger partial charge in [0.15, 0.2) is 9.84 Å². The summed E-state index contributed by atoms with van der Waals surface area (Å²) >= 11 is 0. The molecule has 0 unspecified atom stereocenters. The molecule has 1 N–H and O–H groups in total. The Bertz CT molecular complexity index is 675. The van der Waals surface area contributed by atoms with Gasteiger partial charge in [0.1, 0.15) is 4.90 Å². The van der Waals surface area contributed by atoms with E-state index in [0.717, 1.165) is 25.7 Å². The fourth-order valence-corrected chi connectivity index (χ4v) is 5.84. The molecule has 1 aliphatic carbocycles. The summed E-state index contributed by atoms with van der Waals surface area (Å²) in [6.45, 7) is 0.643. The van der Waals surface area contributed by atoms with E-state index < -0.39 is 15.8 Å². The van der Waals surface area contributed by atoms with Crippen molar-refractivity contribution in [2.45, 2.75) is 30.6 Å². The molecule has 1 aromatic rings. The SMILES string of the molecule is COC(=O)c1cccc2c1S(=O)(=O)CC1(CCCC1)CN2. The van der Waals surface area contributed by atoms with Crippen molar-refractivity contribution >= 4 is 21.5 Å². The van der Waals surface area contributed by atoms with Gasteiger partial charge < -0.3 is 10.1 Å². The van der Waals surface area contributed by atoms with Gasteiger partial charge in [0.25, 0.3) is 0 Å². The second-order valence-corrected chi connectivity index (χ2v) is 7.92. The van der Waals surface area contributed by atoms with Crippen LogP contribution in [-0.2, 0) is 14.6 Å². The summed E-state index contributed by atoms with van der Waals surface area (Å²) < 4.78 is 30.4. The van der Waals surface area contributed by atoms with E-state index in [1.165, 1.54) is 13.2 Å². The molecule has 2 aliphatic rings. The molecule has 1 aliphatic heterocycles. The van der Waals surface area contributed by atoms with E-state index in [1.807, 2.05) is 0 Å². The van der Waals surface area contributed by atoms with Gasteiger partial charge >= 0.3 is 5.97 Å². The van der Waals surface area contributed by atoms with Crippen LogP contribution in [0.1, 0.15) is 36.0 Å². The second kappa shape index (κ2) is 5.02. The smallest absolute Gasteiger partial charge is 0.339 e. The van der Waals surface area contributed by atoms with Crippen LogP contribution in [0.25, 0.3) is 0 Å². The maximum absolute atomic E-state index is 12.8. The number of fused-ring (bicyclic) bond motifs is 1. The molecule has 5 nitrogen and oxygen atoms in total. The summed E-state index contributed by atoms with van der Waals surface area (Å²) in [6.07, 6.45) is 3.97. The minimum absolute atomic E-state index is 0.0978. The maximum atomic E-state index is 12.8. The Morgan fingerprint density at radius 1 is 1.29 bits per heavy atom. The molecule has 1 heterocycles. The average Bonchev–Trinajstić information content (AvgIpc) is 2.87. The summed E-state index contributed by atoms with van der Waals surface area (Å²) in [4.78, 5) is 12.0. The second-order valence-electron chi connectivity index (χ2n) is 5.99. The van der Waals surface area contributed by atoms with Crippen LogP contribution in [0.15, 0.2) is 23.1 Å². The number of esters is 1. The molecule has 1 saturated carbocycles. The van der Waals surface area contributed by atoms with Crippen LogP contribution in [0.4, 0.5) is 5.69 Å². The van der Waals surface area contributed by atoms with Crippen LogP contribution in [0.2, 0.25) is 0 Å². The highest BCUT2D eigenvalue weighted by atomic mass is 32.2. The number of methoxy groups -OCH3 is 1. The summed E-state index contributed by atoms with van der Waals surface area (Å²) in [7, 11) is -2.26. The maximum Gasteiger partial charge on any atom is 0.339 e. The molecule has 0 bridgehead atoms. The summed E-state index contributed by atoms with van der Waals surface area (Å²) in [5.74, 6) is -0.506. The standard InChI is InChI=1S/C15H19NO4S/c1-20-14(17)11-5-4-6-12-13(11)21(18,19)10-15(9-16-12)7-2-3-8-15/h4-6,16H,2-3,7-10H2,1H3. The fraction of sp³-hybridized carbons (Fsp3) is 0.533. The average molecular weight is 309 g/mol. The number of benzene rings is 1. The van der Waals surface area contributed by atoms with Gasteiger partial charge in [0, 0.05) is 12.0 Å². The number of nitrogens with one attached hydrogen (secondary N) is 1. The van der Waals surface area contributed by atoms with Crippen LogP contribution >= 0.6 is 0 Å². The molecule has 0 amide bonds. The van der Waals surface area contributed by atoms with Crippen LogP contribution in [0.5, 0.6) is 0 Å². The first kappa shape index (κ1) is 14.4. The Hall–Kier alpha value is -1.56. The van der Waals surface area contributed by atoms with E-state index >= 15 is 0 Å². The third-order valence-corrected chi connectivity index (χ3v) is 6.60. The van der Waals surface area contributed by atoms with Crippen molar-refractivity contribution in [3.63, 3.8) is 0 Å². The molecule has 1 spiro atoms. The Labute approximate surface area is 124 Å². The molecule has 21 heavy (non-hydrogen) atoms. The number of sulfone groups is 1. The number of carbonyl (C=O) groups is 1. The predicted octanol–water partition coefficient (Wildman–Crippen LogP) is 2.23. The van der Waals surface area contributed by atoms with Crippen molar-refractivity contribution in [1.82, 2.24) is 0 Å². The summed E-state index contributed by atoms with van der Waals surface area (Å²) in [5, 5.41) is 3.25. The minimum atomic E-state index is -3.52. The van der Waals surface area contributed by atoms with E-state index in [4.69, 9.17) is 4.74 Å². The van der Waals surface area contributed by atoms with Crippen molar-refractivity contribution in [2.24, 2.45) is 5.41 Å². The van der Waals surface area contributed by atoms with Gasteiger partial charge in [-0.2, -0.15) is 0 Å². The fourth-order valence-electron chi connectivity index (χ4n) is 3.54. The van der Waals surface area contributed by atoms with Crippen LogP contribution < -0.4 is 5.32 Å². The third kappa shape index (κ3) is 2.41. The lowest BCUT2D eigenvalue weighted by molar-refractivity contribution is 0.0596. The number of ether oxygens (including phenoxy) is 1. The van der Waals surface area contributed by atoms with Gasteiger partial charge in [0.05, 0.1) is 24.1 Å². The zero-order chi connectivity index (χ0) is 15.1. The molecule has 114 valence electrons. The molecule has 0 aromatic heterocycles. The monoisotopic (exact) mass is 309 g/mol. The van der Waals surface area contributed by atoms with Crippen LogP contribution in [0, 0.1) is 5.41 Å². The molecule has 6 heteroatoms. The predicted molar refractivity (Wildman–Crippen MR) is 79.2 cm³/mol. The van der Waals surface area contributed by atoms with Crippen molar-refractivity contribution in [2.75, 3.05) is 24.7 Å². The molecule has 3 rings (SSSR count). The Kier molecular flexibility index (Phi) is 3.43.